The van der Waals surface area contributed by atoms with E-state index in [1.165, 1.54) is 0 Å². The van der Waals surface area contributed by atoms with Crippen molar-refractivity contribution in [3.05, 3.63) is 30.3 Å². The SMILES string of the molecule is CCOCCNC(=NC)NCCCOc1ccccc1.I. The van der Waals surface area contributed by atoms with Crippen LogP contribution < -0.4 is 15.4 Å². The van der Waals surface area contributed by atoms with Gasteiger partial charge in [-0.1, -0.05) is 18.2 Å². The Hall–Kier alpha value is -1.02. The van der Waals surface area contributed by atoms with E-state index in [1.54, 1.807) is 7.05 Å². The van der Waals surface area contributed by atoms with Crippen LogP contribution in [0.25, 0.3) is 0 Å². The molecule has 1 aromatic rings. The number of rotatable bonds is 9. The minimum absolute atomic E-state index is 0. The van der Waals surface area contributed by atoms with Gasteiger partial charge in [-0.2, -0.15) is 0 Å². The van der Waals surface area contributed by atoms with E-state index in [-0.39, 0.29) is 24.0 Å². The van der Waals surface area contributed by atoms with Gasteiger partial charge in [-0.25, -0.2) is 0 Å². The van der Waals surface area contributed by atoms with E-state index in [0.717, 1.165) is 37.8 Å². The predicted octanol–water partition coefficient (Wildman–Crippen LogP) is 2.27. The molecule has 0 saturated heterocycles. The zero-order chi connectivity index (χ0) is 14.5. The van der Waals surface area contributed by atoms with Gasteiger partial charge < -0.3 is 20.1 Å². The van der Waals surface area contributed by atoms with Crippen LogP contribution in [0.5, 0.6) is 5.75 Å². The number of nitrogens with one attached hydrogen (secondary N) is 2. The number of nitrogens with zero attached hydrogens (tertiary/aromatic N) is 1. The zero-order valence-corrected chi connectivity index (χ0v) is 15.1. The minimum Gasteiger partial charge on any atom is -0.494 e. The molecule has 5 nitrogen and oxygen atoms in total. The van der Waals surface area contributed by atoms with Gasteiger partial charge in [0, 0.05) is 26.7 Å². The van der Waals surface area contributed by atoms with Gasteiger partial charge in [0.1, 0.15) is 5.75 Å². The first-order chi connectivity index (χ1) is 9.86. The number of ether oxygens (including phenoxy) is 2. The summed E-state index contributed by atoms with van der Waals surface area (Å²) in [5.74, 6) is 1.70. The average Bonchev–Trinajstić information content (AvgIpc) is 2.50. The summed E-state index contributed by atoms with van der Waals surface area (Å²) in [7, 11) is 1.76. The number of aliphatic imine (C=N–C) groups is 1. The summed E-state index contributed by atoms with van der Waals surface area (Å²) in [6.45, 7) is 5.68. The molecule has 6 heteroatoms. The van der Waals surface area contributed by atoms with Gasteiger partial charge in [0.15, 0.2) is 5.96 Å². The fourth-order valence-corrected chi connectivity index (χ4v) is 1.59. The normalized spacial score (nSPS) is 10.7. The first-order valence-electron chi connectivity index (χ1n) is 7.07. The second-order valence-electron chi connectivity index (χ2n) is 4.14. The minimum atomic E-state index is 0. The Morgan fingerprint density at radius 2 is 1.81 bits per heavy atom. The van der Waals surface area contributed by atoms with Gasteiger partial charge in [0.2, 0.25) is 0 Å². The number of para-hydroxylation sites is 1. The molecule has 0 aromatic heterocycles. The molecule has 0 spiro atoms. The van der Waals surface area contributed by atoms with Gasteiger partial charge in [0.25, 0.3) is 0 Å². The lowest BCUT2D eigenvalue weighted by Crippen LogP contribution is -2.39. The molecule has 1 rings (SSSR count). The van der Waals surface area contributed by atoms with Crippen LogP contribution in [0.4, 0.5) is 0 Å². The van der Waals surface area contributed by atoms with Crippen LogP contribution in [0.3, 0.4) is 0 Å². The second-order valence-corrected chi connectivity index (χ2v) is 4.14. The molecule has 0 amide bonds. The summed E-state index contributed by atoms with van der Waals surface area (Å²) < 4.78 is 10.9. The van der Waals surface area contributed by atoms with Crippen LogP contribution in [-0.4, -0.2) is 45.9 Å². The van der Waals surface area contributed by atoms with E-state index in [1.807, 2.05) is 37.3 Å². The molecule has 0 aliphatic heterocycles. The lowest BCUT2D eigenvalue weighted by Gasteiger charge is -2.12. The summed E-state index contributed by atoms with van der Waals surface area (Å²) in [4.78, 5) is 4.14. The van der Waals surface area contributed by atoms with Gasteiger partial charge in [-0.05, 0) is 25.5 Å². The molecule has 1 aromatic carbocycles. The second kappa shape index (κ2) is 13.9. The highest BCUT2D eigenvalue weighted by Crippen LogP contribution is 2.07. The summed E-state index contributed by atoms with van der Waals surface area (Å²) in [5, 5.41) is 6.42. The molecule has 0 aliphatic carbocycles. The molecule has 2 N–H and O–H groups in total. The summed E-state index contributed by atoms with van der Waals surface area (Å²) >= 11 is 0. The molecule has 0 fully saturated rings. The number of hydrogen-bond donors (Lipinski definition) is 2. The summed E-state index contributed by atoms with van der Waals surface area (Å²) in [6, 6.07) is 9.84. The molecular weight excluding hydrogens is 381 g/mol. The molecule has 0 unspecified atom stereocenters. The fraction of sp³-hybridized carbons (Fsp3) is 0.533. The van der Waals surface area contributed by atoms with Gasteiger partial charge in [-0.3, -0.25) is 4.99 Å². The Morgan fingerprint density at radius 3 is 2.48 bits per heavy atom. The highest BCUT2D eigenvalue weighted by Gasteiger charge is 1.97. The van der Waals surface area contributed by atoms with Crippen molar-refractivity contribution in [2.45, 2.75) is 13.3 Å². The Kier molecular flexibility index (Phi) is 13.3. The number of hydrogen-bond acceptors (Lipinski definition) is 3. The summed E-state index contributed by atoms with van der Waals surface area (Å²) in [5.41, 5.74) is 0. The van der Waals surface area contributed by atoms with E-state index < -0.39 is 0 Å². The molecule has 0 saturated carbocycles. The third kappa shape index (κ3) is 10.4. The molecule has 0 atom stereocenters. The number of halogens is 1. The van der Waals surface area contributed by atoms with Crippen molar-refractivity contribution >= 4 is 29.9 Å². The standard InChI is InChI=1S/C15H25N3O2.HI/c1-3-19-13-11-18-15(16-2)17-10-7-12-20-14-8-5-4-6-9-14;/h4-6,8-9H,3,7,10-13H2,1-2H3,(H2,16,17,18);1H. The maximum Gasteiger partial charge on any atom is 0.191 e. The largest absolute Gasteiger partial charge is 0.494 e. The lowest BCUT2D eigenvalue weighted by molar-refractivity contribution is 0.152. The smallest absolute Gasteiger partial charge is 0.191 e. The monoisotopic (exact) mass is 407 g/mol. The Bertz CT molecular complexity index is 374. The molecule has 0 aliphatic rings. The summed E-state index contributed by atoms with van der Waals surface area (Å²) in [6.07, 6.45) is 0.918. The van der Waals surface area contributed by atoms with E-state index in [0.29, 0.717) is 13.2 Å². The number of benzene rings is 1. The van der Waals surface area contributed by atoms with Crippen LogP contribution >= 0.6 is 24.0 Å². The average molecular weight is 407 g/mol. The van der Waals surface area contributed by atoms with Crippen LogP contribution in [0, 0.1) is 0 Å². The third-order valence-corrected chi connectivity index (χ3v) is 2.59. The first kappa shape index (κ1) is 20.0. The maximum absolute atomic E-state index is 5.61. The van der Waals surface area contributed by atoms with Crippen molar-refractivity contribution in [2.75, 3.05) is 40.0 Å². The van der Waals surface area contributed by atoms with Crippen LogP contribution in [0.1, 0.15) is 13.3 Å². The van der Waals surface area contributed by atoms with Crippen molar-refractivity contribution in [2.24, 2.45) is 4.99 Å². The van der Waals surface area contributed by atoms with Crippen LogP contribution in [0.2, 0.25) is 0 Å². The molecule has 0 bridgehead atoms. The molecule has 120 valence electrons. The molecule has 0 heterocycles. The molecular formula is C15H26IN3O2. The zero-order valence-electron chi connectivity index (χ0n) is 12.8. The highest BCUT2D eigenvalue weighted by atomic mass is 127. The number of guanidine groups is 1. The molecule has 21 heavy (non-hydrogen) atoms. The van der Waals surface area contributed by atoms with E-state index >= 15 is 0 Å². The van der Waals surface area contributed by atoms with Crippen molar-refractivity contribution < 1.29 is 9.47 Å². The third-order valence-electron chi connectivity index (χ3n) is 2.59. The Morgan fingerprint density at radius 1 is 1.10 bits per heavy atom. The van der Waals surface area contributed by atoms with Gasteiger partial charge in [-0.15, -0.1) is 24.0 Å². The van der Waals surface area contributed by atoms with E-state index in [4.69, 9.17) is 9.47 Å². The quantitative estimate of drug-likeness (QED) is 0.286. The highest BCUT2D eigenvalue weighted by molar-refractivity contribution is 14.0. The fourth-order valence-electron chi connectivity index (χ4n) is 1.59. The predicted molar refractivity (Wildman–Crippen MR) is 97.8 cm³/mol. The van der Waals surface area contributed by atoms with Crippen LogP contribution in [0.15, 0.2) is 35.3 Å². The Balaban J connectivity index is 0.00000400. The van der Waals surface area contributed by atoms with Crippen molar-refractivity contribution in [3.63, 3.8) is 0 Å². The molecule has 0 radical (unpaired) electrons. The van der Waals surface area contributed by atoms with Crippen molar-refractivity contribution in [1.82, 2.24) is 10.6 Å². The van der Waals surface area contributed by atoms with Gasteiger partial charge >= 0.3 is 0 Å². The lowest BCUT2D eigenvalue weighted by atomic mass is 10.3. The van der Waals surface area contributed by atoms with Crippen LogP contribution in [-0.2, 0) is 4.74 Å². The van der Waals surface area contributed by atoms with Gasteiger partial charge in [0.05, 0.1) is 13.2 Å². The van der Waals surface area contributed by atoms with E-state index in [2.05, 4.69) is 15.6 Å². The van der Waals surface area contributed by atoms with Crippen molar-refractivity contribution in [1.29, 1.82) is 0 Å². The van der Waals surface area contributed by atoms with Crippen molar-refractivity contribution in [3.8, 4) is 5.75 Å². The Labute approximate surface area is 144 Å². The van der Waals surface area contributed by atoms with E-state index in [9.17, 15) is 0 Å². The maximum atomic E-state index is 5.61. The first-order valence-corrected chi connectivity index (χ1v) is 7.07. The topological polar surface area (TPSA) is 54.9 Å².